The van der Waals surface area contributed by atoms with Crippen molar-refractivity contribution in [2.24, 2.45) is 0 Å². The topological polar surface area (TPSA) is 93.2 Å². The van der Waals surface area contributed by atoms with Crippen molar-refractivity contribution >= 4 is 12.0 Å². The molecule has 0 spiro atoms. The van der Waals surface area contributed by atoms with Crippen LogP contribution in [0.2, 0.25) is 0 Å². The van der Waals surface area contributed by atoms with Crippen LogP contribution in [0.15, 0.2) is 18.5 Å². The number of hydrogen-bond donors (Lipinski definition) is 2. The van der Waals surface area contributed by atoms with Gasteiger partial charge in [-0.05, 0) is 25.8 Å². The first kappa shape index (κ1) is 15.9. The molecule has 110 valence electrons. The highest BCUT2D eigenvalue weighted by molar-refractivity contribution is 5.90. The summed E-state index contributed by atoms with van der Waals surface area (Å²) in [5.74, 6) is 0.139. The van der Waals surface area contributed by atoms with Crippen molar-refractivity contribution in [3.63, 3.8) is 0 Å². The minimum absolute atomic E-state index is 0. The molecule has 1 aliphatic carbocycles. The van der Waals surface area contributed by atoms with Crippen molar-refractivity contribution in [2.45, 2.75) is 39.3 Å². The van der Waals surface area contributed by atoms with Gasteiger partial charge in [-0.15, -0.1) is 0 Å². The molecule has 0 atom stereocenters. The normalized spacial score (nSPS) is 14.7. The molecule has 1 saturated carbocycles. The number of nitrogens with one attached hydrogen (secondary N) is 2. The molecule has 0 radical (unpaired) electrons. The van der Waals surface area contributed by atoms with Crippen LogP contribution in [-0.2, 0) is 16.1 Å². The van der Waals surface area contributed by atoms with Gasteiger partial charge in [-0.2, -0.15) is 0 Å². The summed E-state index contributed by atoms with van der Waals surface area (Å²) in [5, 5.41) is 5.25. The molecule has 20 heavy (non-hydrogen) atoms. The lowest BCUT2D eigenvalue weighted by molar-refractivity contribution is -0.146. The van der Waals surface area contributed by atoms with Crippen LogP contribution < -0.4 is 10.6 Å². The molecule has 1 heterocycles. The van der Waals surface area contributed by atoms with Gasteiger partial charge in [-0.3, -0.25) is 0 Å². The van der Waals surface area contributed by atoms with Gasteiger partial charge < -0.3 is 15.4 Å². The lowest BCUT2D eigenvalue weighted by Gasteiger charge is -2.16. The van der Waals surface area contributed by atoms with E-state index in [2.05, 4.69) is 20.6 Å². The quantitative estimate of drug-likeness (QED) is 0.785. The van der Waals surface area contributed by atoms with E-state index in [-0.39, 0.29) is 19.9 Å². The lowest BCUT2D eigenvalue weighted by Crippen LogP contribution is -2.48. The molecule has 2 amide bonds. The summed E-state index contributed by atoms with van der Waals surface area (Å²) in [5.41, 5.74) is -0.836. The second-order valence-corrected chi connectivity index (χ2v) is 4.28. The number of aromatic nitrogens is 2. The number of ether oxygens (including phenoxy) is 1. The van der Waals surface area contributed by atoms with Crippen LogP contribution in [0.1, 0.15) is 33.0 Å². The second-order valence-electron chi connectivity index (χ2n) is 4.28. The van der Waals surface area contributed by atoms with Gasteiger partial charge in [0.1, 0.15) is 11.4 Å². The largest absolute Gasteiger partial charge is 0.464 e. The van der Waals surface area contributed by atoms with Crippen molar-refractivity contribution in [2.75, 3.05) is 6.61 Å². The van der Waals surface area contributed by atoms with E-state index in [9.17, 15) is 9.59 Å². The maximum Gasteiger partial charge on any atom is 0.331 e. The van der Waals surface area contributed by atoms with Crippen molar-refractivity contribution in [1.29, 1.82) is 0 Å². The Hall–Kier alpha value is -2.18. The van der Waals surface area contributed by atoms with E-state index in [0.29, 0.717) is 25.3 Å². The molecule has 1 fully saturated rings. The molecule has 0 bridgehead atoms. The van der Waals surface area contributed by atoms with Gasteiger partial charge in [0.25, 0.3) is 0 Å². The highest BCUT2D eigenvalue weighted by Gasteiger charge is 2.52. The lowest BCUT2D eigenvalue weighted by atomic mass is 10.3. The van der Waals surface area contributed by atoms with E-state index in [0.717, 1.165) is 0 Å². The maximum absolute atomic E-state index is 11.7. The highest BCUT2D eigenvalue weighted by atomic mass is 16.5. The predicted octanol–water partition coefficient (Wildman–Crippen LogP) is 1.01. The van der Waals surface area contributed by atoms with E-state index in [1.54, 1.807) is 25.4 Å². The van der Waals surface area contributed by atoms with Crippen LogP contribution >= 0.6 is 0 Å². The van der Waals surface area contributed by atoms with Gasteiger partial charge in [0, 0.05) is 12.4 Å². The van der Waals surface area contributed by atoms with Gasteiger partial charge in [0.2, 0.25) is 0 Å². The number of carbonyl (C=O) groups excluding carboxylic acids is 2. The first-order valence-electron chi connectivity index (χ1n) is 6.15. The number of rotatable bonds is 5. The number of amides is 2. The van der Waals surface area contributed by atoms with Gasteiger partial charge in [-0.25, -0.2) is 19.6 Å². The monoisotopic (exact) mass is 280 g/mol. The average Bonchev–Trinajstić information content (AvgIpc) is 3.19. The number of carbonyl (C=O) groups is 2. The van der Waals surface area contributed by atoms with E-state index < -0.39 is 11.6 Å². The minimum Gasteiger partial charge on any atom is -0.464 e. The molecule has 2 rings (SSSR count). The van der Waals surface area contributed by atoms with E-state index in [1.807, 2.05) is 0 Å². The SMILES string of the molecule is C.CCOC(=O)C1(NC(=O)NCc2ncccn2)CC1. The molecule has 0 saturated heterocycles. The molecule has 2 N–H and O–H groups in total. The number of nitrogens with zero attached hydrogens (tertiary/aromatic N) is 2. The number of hydrogen-bond acceptors (Lipinski definition) is 5. The highest BCUT2D eigenvalue weighted by Crippen LogP contribution is 2.36. The fraction of sp³-hybridized carbons (Fsp3) is 0.538. The third-order valence-electron chi connectivity index (χ3n) is 2.80. The Morgan fingerprint density at radius 3 is 2.55 bits per heavy atom. The zero-order valence-corrected chi connectivity index (χ0v) is 10.7. The summed E-state index contributed by atoms with van der Waals surface area (Å²) in [6.45, 7) is 2.26. The Kier molecular flexibility index (Phi) is 5.42. The van der Waals surface area contributed by atoms with Gasteiger partial charge in [-0.1, -0.05) is 7.43 Å². The summed E-state index contributed by atoms with van der Waals surface area (Å²) in [6, 6.07) is 1.28. The second kappa shape index (κ2) is 6.83. The van der Waals surface area contributed by atoms with E-state index in [4.69, 9.17) is 4.74 Å². The van der Waals surface area contributed by atoms with Gasteiger partial charge in [0.05, 0.1) is 13.2 Å². The van der Waals surface area contributed by atoms with Crippen LogP contribution in [0.25, 0.3) is 0 Å². The third kappa shape index (κ3) is 3.91. The fourth-order valence-electron chi connectivity index (χ4n) is 1.62. The Morgan fingerprint density at radius 2 is 2.00 bits per heavy atom. The van der Waals surface area contributed by atoms with Crippen molar-refractivity contribution in [3.05, 3.63) is 24.3 Å². The smallest absolute Gasteiger partial charge is 0.331 e. The predicted molar refractivity (Wildman–Crippen MR) is 72.7 cm³/mol. The number of esters is 1. The van der Waals surface area contributed by atoms with Crippen LogP contribution in [0, 0.1) is 0 Å². The Balaban J connectivity index is 0.00000200. The summed E-state index contributed by atoms with van der Waals surface area (Å²) >= 11 is 0. The first-order chi connectivity index (χ1) is 9.16. The minimum atomic E-state index is -0.836. The van der Waals surface area contributed by atoms with E-state index >= 15 is 0 Å². The molecule has 1 aliphatic rings. The Bertz CT molecular complexity index is 460. The molecule has 7 heteroatoms. The zero-order chi connectivity index (χ0) is 13.7. The van der Waals surface area contributed by atoms with Gasteiger partial charge in [0.15, 0.2) is 0 Å². The molecule has 0 aromatic carbocycles. The van der Waals surface area contributed by atoms with Crippen molar-refractivity contribution < 1.29 is 14.3 Å². The fourth-order valence-corrected chi connectivity index (χ4v) is 1.62. The molecular weight excluding hydrogens is 260 g/mol. The Labute approximate surface area is 118 Å². The standard InChI is InChI=1S/C12H16N4O3.CH4/c1-2-19-10(17)12(4-5-12)16-11(18)15-8-9-13-6-3-7-14-9;/h3,6-7H,2,4-5,8H2,1H3,(H2,15,16,18);1H4. The average molecular weight is 280 g/mol. The summed E-state index contributed by atoms with van der Waals surface area (Å²) in [6.07, 6.45) is 4.42. The van der Waals surface area contributed by atoms with Crippen LogP contribution in [0.4, 0.5) is 4.79 Å². The Morgan fingerprint density at radius 1 is 1.35 bits per heavy atom. The summed E-state index contributed by atoms with van der Waals surface area (Å²) in [4.78, 5) is 31.3. The third-order valence-corrected chi connectivity index (χ3v) is 2.80. The molecule has 0 unspecified atom stereocenters. The molecular formula is C13H20N4O3. The van der Waals surface area contributed by atoms with Crippen molar-refractivity contribution in [1.82, 2.24) is 20.6 Å². The molecule has 1 aromatic rings. The van der Waals surface area contributed by atoms with Crippen LogP contribution in [0.3, 0.4) is 0 Å². The van der Waals surface area contributed by atoms with E-state index in [1.165, 1.54) is 0 Å². The molecule has 1 aromatic heterocycles. The van der Waals surface area contributed by atoms with Crippen molar-refractivity contribution in [3.8, 4) is 0 Å². The summed E-state index contributed by atoms with van der Waals surface area (Å²) < 4.78 is 4.93. The van der Waals surface area contributed by atoms with Gasteiger partial charge >= 0.3 is 12.0 Å². The molecule has 0 aliphatic heterocycles. The first-order valence-corrected chi connectivity index (χ1v) is 6.15. The number of urea groups is 1. The summed E-state index contributed by atoms with van der Waals surface area (Å²) in [7, 11) is 0. The van der Waals surface area contributed by atoms with Crippen LogP contribution in [0.5, 0.6) is 0 Å². The zero-order valence-electron chi connectivity index (χ0n) is 10.7. The molecule has 7 nitrogen and oxygen atoms in total. The maximum atomic E-state index is 11.7. The van der Waals surface area contributed by atoms with Crippen LogP contribution in [-0.4, -0.2) is 34.1 Å².